The molecular weight excluding hydrogens is 514 g/mol. The highest BCUT2D eigenvalue weighted by Crippen LogP contribution is 2.28. The number of nitrogens with one attached hydrogen (secondary N) is 1. The number of nitrogens with zero attached hydrogens (tertiary/aromatic N) is 2. The van der Waals surface area contributed by atoms with Crippen LogP contribution in [-0.4, -0.2) is 50.1 Å². The molecule has 0 spiro atoms. The van der Waals surface area contributed by atoms with Gasteiger partial charge in [-0.2, -0.15) is 0 Å². The maximum Gasteiger partial charge on any atom is 0.251 e. The molecule has 210 valence electrons. The summed E-state index contributed by atoms with van der Waals surface area (Å²) in [5, 5.41) is 3.08. The third kappa shape index (κ3) is 7.32. The van der Waals surface area contributed by atoms with Gasteiger partial charge in [-0.25, -0.2) is 0 Å². The Hall–Kier alpha value is -4.62. The zero-order chi connectivity index (χ0) is 28.4. The molecule has 1 N–H and O–H groups in total. The van der Waals surface area contributed by atoms with Gasteiger partial charge < -0.3 is 24.6 Å². The van der Waals surface area contributed by atoms with Gasteiger partial charge >= 0.3 is 0 Å². The minimum absolute atomic E-state index is 0.140. The van der Waals surface area contributed by atoms with Gasteiger partial charge in [-0.3, -0.25) is 9.59 Å². The van der Waals surface area contributed by atoms with E-state index in [1.54, 1.807) is 12.0 Å². The lowest BCUT2D eigenvalue weighted by Crippen LogP contribution is -2.41. The van der Waals surface area contributed by atoms with Gasteiger partial charge in [0.2, 0.25) is 5.91 Å². The van der Waals surface area contributed by atoms with E-state index < -0.39 is 6.04 Å². The van der Waals surface area contributed by atoms with Crippen molar-refractivity contribution in [1.29, 1.82) is 0 Å². The lowest BCUT2D eigenvalue weighted by molar-refractivity contribution is -0.139. The van der Waals surface area contributed by atoms with Crippen LogP contribution in [-0.2, 0) is 27.3 Å². The van der Waals surface area contributed by atoms with Gasteiger partial charge in [0.15, 0.2) is 0 Å². The number of anilines is 2. The highest BCUT2D eigenvalue weighted by atomic mass is 16.5. The molecule has 0 radical (unpaired) electrons. The van der Waals surface area contributed by atoms with Crippen molar-refractivity contribution < 1.29 is 19.1 Å². The highest BCUT2D eigenvalue weighted by molar-refractivity contribution is 5.98. The van der Waals surface area contributed by atoms with Gasteiger partial charge in [-0.1, -0.05) is 72.8 Å². The number of carbonyl (C=O) groups excluding carboxylic acids is 2. The fraction of sp³-hybridized carbons (Fsp3) is 0.235. The van der Waals surface area contributed by atoms with Crippen LogP contribution in [0.3, 0.4) is 0 Å². The van der Waals surface area contributed by atoms with E-state index in [-0.39, 0.29) is 24.8 Å². The van der Waals surface area contributed by atoms with Gasteiger partial charge in [0.05, 0.1) is 26.7 Å². The number of benzene rings is 4. The third-order valence-electron chi connectivity index (χ3n) is 7.22. The monoisotopic (exact) mass is 549 g/mol. The summed E-state index contributed by atoms with van der Waals surface area (Å²) in [6, 6.07) is 33.6. The molecule has 1 aliphatic heterocycles. The summed E-state index contributed by atoms with van der Waals surface area (Å²) in [7, 11) is 1.62. The summed E-state index contributed by atoms with van der Waals surface area (Å²) < 4.78 is 10.8. The number of carbonyl (C=O) groups is 2. The second-order valence-electron chi connectivity index (χ2n) is 9.98. The molecule has 1 fully saturated rings. The van der Waals surface area contributed by atoms with Gasteiger partial charge in [-0.05, 0) is 53.1 Å². The average molecular weight is 550 g/mol. The van der Waals surface area contributed by atoms with Crippen molar-refractivity contribution in [2.75, 3.05) is 43.6 Å². The van der Waals surface area contributed by atoms with Crippen LogP contribution in [0.15, 0.2) is 109 Å². The number of amides is 2. The van der Waals surface area contributed by atoms with Crippen molar-refractivity contribution in [3.63, 3.8) is 0 Å². The molecule has 1 aliphatic rings. The van der Waals surface area contributed by atoms with Gasteiger partial charge in [-0.15, -0.1) is 0 Å². The molecule has 0 aromatic heterocycles. The molecular formula is C34H35N3O4. The number of ether oxygens (including phenoxy) is 2. The first kappa shape index (κ1) is 27.9. The van der Waals surface area contributed by atoms with Gasteiger partial charge in [0.25, 0.3) is 5.91 Å². The molecule has 1 saturated heterocycles. The topological polar surface area (TPSA) is 71.1 Å². The first-order valence-corrected chi connectivity index (χ1v) is 13.9. The van der Waals surface area contributed by atoms with E-state index in [4.69, 9.17) is 9.47 Å². The molecule has 1 atom stereocenters. The summed E-state index contributed by atoms with van der Waals surface area (Å²) in [6.45, 7) is 3.35. The van der Waals surface area contributed by atoms with E-state index in [0.29, 0.717) is 18.9 Å². The van der Waals surface area contributed by atoms with E-state index in [9.17, 15) is 9.59 Å². The van der Waals surface area contributed by atoms with Crippen molar-refractivity contribution in [2.24, 2.45) is 0 Å². The fourth-order valence-electron chi connectivity index (χ4n) is 5.02. The van der Waals surface area contributed by atoms with Gasteiger partial charge in [0.1, 0.15) is 11.8 Å². The van der Waals surface area contributed by atoms with Crippen LogP contribution in [0.25, 0.3) is 0 Å². The molecule has 4 aromatic carbocycles. The Bertz CT molecular complexity index is 1400. The Labute approximate surface area is 241 Å². The number of morpholine rings is 1. The highest BCUT2D eigenvalue weighted by Gasteiger charge is 2.32. The molecule has 2 amide bonds. The minimum atomic E-state index is -0.839. The molecule has 1 heterocycles. The lowest BCUT2D eigenvalue weighted by atomic mass is 10.0. The summed E-state index contributed by atoms with van der Waals surface area (Å²) in [6.07, 6.45) is 0.182. The largest absolute Gasteiger partial charge is 0.497 e. The van der Waals surface area contributed by atoms with E-state index >= 15 is 0 Å². The van der Waals surface area contributed by atoms with Crippen LogP contribution in [0.4, 0.5) is 11.4 Å². The normalized spacial score (nSPS) is 13.7. The average Bonchev–Trinajstić information content (AvgIpc) is 3.03. The van der Waals surface area contributed by atoms with Crippen molar-refractivity contribution in [1.82, 2.24) is 4.90 Å². The molecule has 4 aromatic rings. The first-order chi connectivity index (χ1) is 20.1. The molecule has 0 unspecified atom stereocenters. The molecule has 5 rings (SSSR count). The Morgan fingerprint density at radius 3 is 2.10 bits per heavy atom. The summed E-state index contributed by atoms with van der Waals surface area (Å²) in [4.78, 5) is 31.9. The molecule has 7 heteroatoms. The van der Waals surface area contributed by atoms with Gasteiger partial charge in [0, 0.05) is 31.0 Å². The Kier molecular flexibility index (Phi) is 9.29. The van der Waals surface area contributed by atoms with Crippen molar-refractivity contribution in [3.05, 3.63) is 126 Å². The third-order valence-corrected chi connectivity index (χ3v) is 7.22. The maximum atomic E-state index is 14.0. The Morgan fingerprint density at radius 2 is 1.46 bits per heavy atom. The zero-order valence-corrected chi connectivity index (χ0v) is 23.2. The van der Waals surface area contributed by atoms with Crippen LogP contribution in [0.5, 0.6) is 5.75 Å². The van der Waals surface area contributed by atoms with Crippen LogP contribution < -0.4 is 15.0 Å². The second kappa shape index (κ2) is 13.6. The maximum absolute atomic E-state index is 14.0. The van der Waals surface area contributed by atoms with Crippen LogP contribution in [0.1, 0.15) is 22.7 Å². The van der Waals surface area contributed by atoms with E-state index in [1.807, 2.05) is 109 Å². The van der Waals surface area contributed by atoms with Crippen molar-refractivity contribution >= 4 is 23.2 Å². The zero-order valence-electron chi connectivity index (χ0n) is 23.2. The minimum Gasteiger partial charge on any atom is -0.497 e. The standard InChI is InChI=1S/C34H35N3O4/c1-40-31-18-12-27(13-19-31)25-37(32(38)24-26-8-4-2-5-9-26)33(28-10-6-3-7-11-28)34(39)35-29-14-16-30(17-15-29)36-20-22-41-23-21-36/h2-19,33H,20-25H2,1H3,(H,35,39)/t33-/m0/s1. The number of hydrogen-bond donors (Lipinski definition) is 1. The van der Waals surface area contributed by atoms with E-state index in [1.165, 1.54) is 0 Å². The van der Waals surface area contributed by atoms with E-state index in [2.05, 4.69) is 10.2 Å². The smallest absolute Gasteiger partial charge is 0.251 e. The molecule has 7 nitrogen and oxygen atoms in total. The molecule has 41 heavy (non-hydrogen) atoms. The summed E-state index contributed by atoms with van der Waals surface area (Å²) >= 11 is 0. The molecule has 0 bridgehead atoms. The predicted molar refractivity (Wildman–Crippen MR) is 161 cm³/mol. The number of methoxy groups -OCH3 is 1. The fourth-order valence-corrected chi connectivity index (χ4v) is 5.02. The number of rotatable bonds is 10. The molecule has 0 aliphatic carbocycles. The first-order valence-electron chi connectivity index (χ1n) is 13.9. The second-order valence-corrected chi connectivity index (χ2v) is 9.98. The Morgan fingerprint density at radius 1 is 0.829 bits per heavy atom. The van der Waals surface area contributed by atoms with Crippen molar-refractivity contribution in [2.45, 2.75) is 19.0 Å². The quantitative estimate of drug-likeness (QED) is 0.284. The summed E-state index contributed by atoms with van der Waals surface area (Å²) in [5.41, 5.74) is 4.29. The van der Waals surface area contributed by atoms with E-state index in [0.717, 1.165) is 41.2 Å². The van der Waals surface area contributed by atoms with Crippen LogP contribution in [0, 0.1) is 0 Å². The Balaban J connectivity index is 1.44. The van der Waals surface area contributed by atoms with Crippen LogP contribution >= 0.6 is 0 Å². The number of hydrogen-bond acceptors (Lipinski definition) is 5. The van der Waals surface area contributed by atoms with Crippen LogP contribution in [0.2, 0.25) is 0 Å². The summed E-state index contributed by atoms with van der Waals surface area (Å²) in [5.74, 6) is 0.317. The SMILES string of the molecule is COc1ccc(CN(C(=O)Cc2ccccc2)[C@H](C(=O)Nc2ccc(N3CCOCC3)cc2)c2ccccc2)cc1. The molecule has 0 saturated carbocycles. The lowest BCUT2D eigenvalue weighted by Gasteiger charge is -2.32. The van der Waals surface area contributed by atoms with Crippen molar-refractivity contribution in [3.8, 4) is 5.75 Å². The predicted octanol–water partition coefficient (Wildman–Crippen LogP) is 5.48.